The molecule has 0 aliphatic carbocycles. The number of aryl methyl sites for hydroxylation is 1. The van der Waals surface area contributed by atoms with E-state index in [1.54, 1.807) is 37.3 Å². The highest BCUT2D eigenvalue weighted by Crippen LogP contribution is 2.29. The van der Waals surface area contributed by atoms with Crippen LogP contribution in [0.25, 0.3) is 22.2 Å². The van der Waals surface area contributed by atoms with Crippen LogP contribution in [0.4, 0.5) is 5.69 Å². The number of nitrogens with zero attached hydrogens (tertiary/aromatic N) is 4. The summed E-state index contributed by atoms with van der Waals surface area (Å²) in [5.74, 6) is -0.358. The summed E-state index contributed by atoms with van der Waals surface area (Å²) in [7, 11) is 0. The summed E-state index contributed by atoms with van der Waals surface area (Å²) in [6.45, 7) is 1.74. The maximum absolute atomic E-state index is 12.6. The number of hydrogen-bond donors (Lipinski definition) is 2. The zero-order valence-corrected chi connectivity index (χ0v) is 15.4. The molecule has 4 rings (SSSR count). The van der Waals surface area contributed by atoms with Crippen LogP contribution >= 0.6 is 0 Å². The van der Waals surface area contributed by atoms with E-state index in [-0.39, 0.29) is 11.6 Å². The maximum Gasteiger partial charge on any atom is 0.274 e. The SMILES string of the molecule is Cc1cc(C#N)cnc1C(=O)Nc1ccc2[nH]nc(-c3cccc(C#N)c3)c2c1. The van der Waals surface area contributed by atoms with E-state index in [9.17, 15) is 4.79 Å². The zero-order chi connectivity index (χ0) is 20.4. The first-order chi connectivity index (χ1) is 14.1. The zero-order valence-electron chi connectivity index (χ0n) is 15.4. The molecule has 0 bridgehead atoms. The molecule has 2 aromatic heterocycles. The Morgan fingerprint density at radius 2 is 1.90 bits per heavy atom. The number of rotatable bonds is 3. The Hall–Kier alpha value is -4.49. The van der Waals surface area contributed by atoms with Gasteiger partial charge in [0, 0.05) is 22.8 Å². The number of H-pyrrole nitrogens is 1. The van der Waals surface area contributed by atoms with E-state index in [2.05, 4.69) is 26.6 Å². The standard InChI is InChI=1S/C22H14N6O/c1-13-7-15(11-24)12-25-20(13)22(29)26-17-5-6-19-18(9-17)21(28-27-19)16-4-2-3-14(8-16)10-23/h2-9,12H,1H3,(H,26,29)(H,27,28). The maximum atomic E-state index is 12.6. The average molecular weight is 378 g/mol. The first kappa shape index (κ1) is 17.9. The third kappa shape index (κ3) is 3.41. The van der Waals surface area contributed by atoms with Gasteiger partial charge >= 0.3 is 0 Å². The Kier molecular flexibility index (Phi) is 4.48. The van der Waals surface area contributed by atoms with Crippen LogP contribution in [0.5, 0.6) is 0 Å². The Morgan fingerprint density at radius 1 is 1.07 bits per heavy atom. The second-order valence-electron chi connectivity index (χ2n) is 6.48. The molecule has 2 aromatic carbocycles. The first-order valence-corrected chi connectivity index (χ1v) is 8.76. The molecule has 1 amide bonds. The van der Waals surface area contributed by atoms with Crippen molar-refractivity contribution in [2.24, 2.45) is 0 Å². The fraction of sp³-hybridized carbons (Fsp3) is 0.0455. The molecule has 4 aromatic rings. The van der Waals surface area contributed by atoms with E-state index in [0.717, 1.165) is 16.5 Å². The highest BCUT2D eigenvalue weighted by Gasteiger charge is 2.14. The normalized spacial score (nSPS) is 10.3. The number of aromatic amines is 1. The molecule has 0 fully saturated rings. The second-order valence-corrected chi connectivity index (χ2v) is 6.48. The van der Waals surface area contributed by atoms with Crippen molar-refractivity contribution < 1.29 is 4.79 Å². The molecule has 7 nitrogen and oxygen atoms in total. The van der Waals surface area contributed by atoms with Gasteiger partial charge in [-0.1, -0.05) is 12.1 Å². The van der Waals surface area contributed by atoms with Crippen molar-refractivity contribution >= 4 is 22.5 Å². The topological polar surface area (TPSA) is 118 Å². The van der Waals surface area contributed by atoms with Crippen LogP contribution in [0.3, 0.4) is 0 Å². The largest absolute Gasteiger partial charge is 0.321 e. The molecule has 138 valence electrons. The molecule has 0 aliphatic rings. The third-order valence-corrected chi connectivity index (χ3v) is 4.51. The number of benzene rings is 2. The summed E-state index contributed by atoms with van der Waals surface area (Å²) in [6, 6.07) is 18.4. The van der Waals surface area contributed by atoms with Crippen molar-refractivity contribution in [3.8, 4) is 23.4 Å². The molecular formula is C22H14N6O. The van der Waals surface area contributed by atoms with Crippen molar-refractivity contribution in [3.63, 3.8) is 0 Å². The molecule has 0 saturated carbocycles. The van der Waals surface area contributed by atoms with E-state index in [4.69, 9.17) is 10.5 Å². The van der Waals surface area contributed by atoms with Crippen molar-refractivity contribution in [2.75, 3.05) is 5.32 Å². The lowest BCUT2D eigenvalue weighted by atomic mass is 10.0. The third-order valence-electron chi connectivity index (χ3n) is 4.51. The summed E-state index contributed by atoms with van der Waals surface area (Å²) in [4.78, 5) is 16.7. The van der Waals surface area contributed by atoms with Crippen LogP contribution in [-0.4, -0.2) is 21.1 Å². The molecule has 0 unspecified atom stereocenters. The van der Waals surface area contributed by atoms with E-state index < -0.39 is 0 Å². The molecular weight excluding hydrogens is 364 g/mol. The lowest BCUT2D eigenvalue weighted by molar-refractivity contribution is 0.102. The van der Waals surface area contributed by atoms with E-state index in [0.29, 0.717) is 28.1 Å². The molecule has 2 N–H and O–H groups in total. The summed E-state index contributed by atoms with van der Waals surface area (Å²) < 4.78 is 0. The molecule has 2 heterocycles. The van der Waals surface area contributed by atoms with Gasteiger partial charge in [0.25, 0.3) is 5.91 Å². The first-order valence-electron chi connectivity index (χ1n) is 8.76. The molecule has 0 radical (unpaired) electrons. The summed E-state index contributed by atoms with van der Waals surface area (Å²) in [5, 5.41) is 29.1. The van der Waals surface area contributed by atoms with Crippen LogP contribution in [0.2, 0.25) is 0 Å². The number of carbonyl (C=O) groups excluding carboxylic acids is 1. The quantitative estimate of drug-likeness (QED) is 0.560. The number of nitrogens with one attached hydrogen (secondary N) is 2. The van der Waals surface area contributed by atoms with Crippen LogP contribution in [0.1, 0.15) is 27.2 Å². The fourth-order valence-corrected chi connectivity index (χ4v) is 3.11. The Bertz CT molecular complexity index is 1340. The Morgan fingerprint density at radius 3 is 2.66 bits per heavy atom. The number of nitriles is 2. The molecule has 7 heteroatoms. The molecule has 29 heavy (non-hydrogen) atoms. The summed E-state index contributed by atoms with van der Waals surface area (Å²) >= 11 is 0. The van der Waals surface area contributed by atoms with Gasteiger partial charge in [0.05, 0.1) is 22.7 Å². The van der Waals surface area contributed by atoms with Gasteiger partial charge in [0.1, 0.15) is 17.5 Å². The Balaban J connectivity index is 1.68. The van der Waals surface area contributed by atoms with Crippen LogP contribution in [-0.2, 0) is 0 Å². The number of fused-ring (bicyclic) bond motifs is 1. The smallest absolute Gasteiger partial charge is 0.274 e. The van der Waals surface area contributed by atoms with Gasteiger partial charge in [-0.3, -0.25) is 9.89 Å². The summed E-state index contributed by atoms with van der Waals surface area (Å²) in [6.07, 6.45) is 1.38. The minimum atomic E-state index is -0.358. The second kappa shape index (κ2) is 7.26. The monoisotopic (exact) mass is 378 g/mol. The van der Waals surface area contributed by atoms with Crippen LogP contribution in [0.15, 0.2) is 54.7 Å². The lowest BCUT2D eigenvalue weighted by Gasteiger charge is -2.07. The van der Waals surface area contributed by atoms with Crippen LogP contribution < -0.4 is 5.32 Å². The van der Waals surface area contributed by atoms with Crippen LogP contribution in [0, 0.1) is 29.6 Å². The number of pyridine rings is 1. The van der Waals surface area contributed by atoms with Crippen molar-refractivity contribution in [1.29, 1.82) is 10.5 Å². The predicted molar refractivity (Wildman–Crippen MR) is 108 cm³/mol. The highest BCUT2D eigenvalue weighted by molar-refractivity contribution is 6.05. The van der Waals surface area contributed by atoms with Gasteiger partial charge in [0.2, 0.25) is 0 Å². The van der Waals surface area contributed by atoms with E-state index >= 15 is 0 Å². The Labute approximate surface area is 166 Å². The minimum Gasteiger partial charge on any atom is -0.321 e. The molecule has 0 atom stereocenters. The highest BCUT2D eigenvalue weighted by atomic mass is 16.1. The number of anilines is 1. The van der Waals surface area contributed by atoms with Gasteiger partial charge in [0.15, 0.2) is 0 Å². The summed E-state index contributed by atoms with van der Waals surface area (Å²) in [5.41, 5.74) is 4.75. The minimum absolute atomic E-state index is 0.262. The number of aromatic nitrogens is 3. The molecule has 0 spiro atoms. The molecule has 0 aliphatic heterocycles. The predicted octanol–water partition coefficient (Wildman–Crippen LogP) is 3.93. The van der Waals surface area contributed by atoms with Gasteiger partial charge in [-0.05, 0) is 48.9 Å². The van der Waals surface area contributed by atoms with E-state index in [1.807, 2.05) is 24.3 Å². The number of carbonyl (C=O) groups is 1. The molecule has 0 saturated heterocycles. The van der Waals surface area contributed by atoms with Gasteiger partial charge in [-0.2, -0.15) is 15.6 Å². The van der Waals surface area contributed by atoms with Gasteiger partial charge in [-0.15, -0.1) is 0 Å². The average Bonchev–Trinajstić information content (AvgIpc) is 3.16. The van der Waals surface area contributed by atoms with Gasteiger partial charge in [-0.25, -0.2) is 4.98 Å². The van der Waals surface area contributed by atoms with Gasteiger partial charge < -0.3 is 5.32 Å². The van der Waals surface area contributed by atoms with Crippen molar-refractivity contribution in [3.05, 3.63) is 77.1 Å². The number of hydrogen-bond acceptors (Lipinski definition) is 5. The van der Waals surface area contributed by atoms with Crippen molar-refractivity contribution in [2.45, 2.75) is 6.92 Å². The fourth-order valence-electron chi connectivity index (χ4n) is 3.11. The van der Waals surface area contributed by atoms with Crippen molar-refractivity contribution in [1.82, 2.24) is 15.2 Å². The van der Waals surface area contributed by atoms with E-state index in [1.165, 1.54) is 6.20 Å². The number of amides is 1. The lowest BCUT2D eigenvalue weighted by Crippen LogP contribution is -2.15.